The van der Waals surface area contributed by atoms with E-state index in [1.165, 1.54) is 21.5 Å². The highest BCUT2D eigenvalue weighted by molar-refractivity contribution is 6.15. The van der Waals surface area contributed by atoms with Crippen molar-refractivity contribution < 1.29 is 0 Å². The standard InChI is InChI=1S/C18H14N2/c1-2-5-17-19-16-11-10-14-13-7-4-3-6-12(13)8-9-15(14)18(16)20-17/h2-4,6-11H,1,5H2,(H,19,20). The molecule has 0 saturated heterocycles. The maximum absolute atomic E-state index is 4.71. The average Bonchev–Trinajstić information content (AvgIpc) is 2.90. The van der Waals surface area contributed by atoms with E-state index in [9.17, 15) is 0 Å². The first-order valence-corrected chi connectivity index (χ1v) is 6.77. The maximum Gasteiger partial charge on any atom is 0.111 e. The summed E-state index contributed by atoms with van der Waals surface area (Å²) in [4.78, 5) is 8.06. The third-order valence-electron chi connectivity index (χ3n) is 3.76. The van der Waals surface area contributed by atoms with E-state index in [1.807, 2.05) is 6.08 Å². The zero-order chi connectivity index (χ0) is 13.5. The van der Waals surface area contributed by atoms with Crippen molar-refractivity contribution in [2.75, 3.05) is 0 Å². The molecule has 1 heterocycles. The van der Waals surface area contributed by atoms with Crippen LogP contribution in [0.4, 0.5) is 0 Å². The lowest BCUT2D eigenvalue weighted by molar-refractivity contribution is 1.08. The van der Waals surface area contributed by atoms with Gasteiger partial charge in [0.2, 0.25) is 0 Å². The first kappa shape index (κ1) is 11.2. The lowest BCUT2D eigenvalue weighted by atomic mass is 10.0. The largest absolute Gasteiger partial charge is 0.342 e. The Balaban J connectivity index is 2.13. The van der Waals surface area contributed by atoms with Crippen LogP contribution in [0.3, 0.4) is 0 Å². The van der Waals surface area contributed by atoms with E-state index in [4.69, 9.17) is 4.98 Å². The van der Waals surface area contributed by atoms with Crippen LogP contribution in [0.1, 0.15) is 5.82 Å². The molecule has 0 aliphatic heterocycles. The lowest BCUT2D eigenvalue weighted by Crippen LogP contribution is -1.81. The van der Waals surface area contributed by atoms with Gasteiger partial charge in [0, 0.05) is 11.8 Å². The number of imidazole rings is 1. The Morgan fingerprint density at radius 3 is 2.70 bits per heavy atom. The number of rotatable bonds is 2. The van der Waals surface area contributed by atoms with Crippen molar-refractivity contribution in [2.45, 2.75) is 6.42 Å². The van der Waals surface area contributed by atoms with Gasteiger partial charge >= 0.3 is 0 Å². The second-order valence-corrected chi connectivity index (χ2v) is 5.02. The Hall–Kier alpha value is -2.61. The van der Waals surface area contributed by atoms with Crippen LogP contribution in [-0.2, 0) is 6.42 Å². The third kappa shape index (κ3) is 1.55. The number of H-pyrrole nitrogens is 1. The molecule has 20 heavy (non-hydrogen) atoms. The first-order valence-electron chi connectivity index (χ1n) is 6.77. The van der Waals surface area contributed by atoms with Gasteiger partial charge in [-0.05, 0) is 22.2 Å². The van der Waals surface area contributed by atoms with Crippen LogP contribution in [0.2, 0.25) is 0 Å². The van der Waals surface area contributed by atoms with E-state index < -0.39 is 0 Å². The van der Waals surface area contributed by atoms with Crippen molar-refractivity contribution in [3.63, 3.8) is 0 Å². The monoisotopic (exact) mass is 258 g/mol. The molecule has 0 radical (unpaired) electrons. The van der Waals surface area contributed by atoms with Gasteiger partial charge in [-0.1, -0.05) is 48.5 Å². The molecule has 4 rings (SSSR count). The highest BCUT2D eigenvalue weighted by Gasteiger charge is 2.08. The van der Waals surface area contributed by atoms with Crippen LogP contribution < -0.4 is 0 Å². The minimum atomic E-state index is 0.768. The highest BCUT2D eigenvalue weighted by atomic mass is 14.9. The molecular formula is C18H14N2. The second kappa shape index (κ2) is 4.20. The summed E-state index contributed by atoms with van der Waals surface area (Å²) in [5.74, 6) is 0.968. The van der Waals surface area contributed by atoms with Crippen LogP contribution in [0.25, 0.3) is 32.6 Å². The van der Waals surface area contributed by atoms with Crippen molar-refractivity contribution in [3.05, 3.63) is 67.0 Å². The Kier molecular flexibility index (Phi) is 2.36. The number of aromatic amines is 1. The van der Waals surface area contributed by atoms with Crippen molar-refractivity contribution in [1.29, 1.82) is 0 Å². The van der Waals surface area contributed by atoms with Crippen LogP contribution in [0.15, 0.2) is 61.2 Å². The SMILES string of the molecule is C=CCc1nc2c(ccc3c4ccccc4ccc32)[nH]1. The Labute approximate surface area is 116 Å². The molecule has 0 amide bonds. The number of allylic oxidation sites excluding steroid dienone is 1. The first-order chi connectivity index (χ1) is 9.86. The summed E-state index contributed by atoms with van der Waals surface area (Å²) in [6.07, 6.45) is 2.64. The van der Waals surface area contributed by atoms with E-state index in [-0.39, 0.29) is 0 Å². The molecular weight excluding hydrogens is 244 g/mol. The maximum atomic E-state index is 4.71. The van der Waals surface area contributed by atoms with Crippen LogP contribution in [0, 0.1) is 0 Å². The second-order valence-electron chi connectivity index (χ2n) is 5.02. The highest BCUT2D eigenvalue weighted by Crippen LogP contribution is 2.30. The van der Waals surface area contributed by atoms with Crippen molar-refractivity contribution in [3.8, 4) is 0 Å². The van der Waals surface area contributed by atoms with Crippen molar-refractivity contribution in [2.24, 2.45) is 0 Å². The van der Waals surface area contributed by atoms with Gasteiger partial charge in [-0.25, -0.2) is 4.98 Å². The molecule has 0 aliphatic carbocycles. The molecule has 96 valence electrons. The number of nitrogens with zero attached hydrogens (tertiary/aromatic N) is 1. The molecule has 4 aromatic rings. The van der Waals surface area contributed by atoms with E-state index in [2.05, 4.69) is 60.1 Å². The van der Waals surface area contributed by atoms with Gasteiger partial charge in [0.1, 0.15) is 5.82 Å². The van der Waals surface area contributed by atoms with Crippen molar-refractivity contribution in [1.82, 2.24) is 9.97 Å². The molecule has 1 aromatic heterocycles. The fourth-order valence-electron chi connectivity index (χ4n) is 2.85. The summed E-state index contributed by atoms with van der Waals surface area (Å²) < 4.78 is 0. The Morgan fingerprint density at radius 2 is 1.80 bits per heavy atom. The van der Waals surface area contributed by atoms with Gasteiger partial charge in [0.15, 0.2) is 0 Å². The number of hydrogen-bond donors (Lipinski definition) is 1. The number of fused-ring (bicyclic) bond motifs is 5. The fraction of sp³-hybridized carbons (Fsp3) is 0.0556. The zero-order valence-corrected chi connectivity index (χ0v) is 11.1. The van der Waals surface area contributed by atoms with E-state index in [1.54, 1.807) is 0 Å². The summed E-state index contributed by atoms with van der Waals surface area (Å²) in [6, 6.07) is 17.1. The molecule has 3 aromatic carbocycles. The number of hydrogen-bond acceptors (Lipinski definition) is 1. The number of nitrogens with one attached hydrogen (secondary N) is 1. The summed E-state index contributed by atoms with van der Waals surface area (Å²) in [5, 5.41) is 5.00. The Morgan fingerprint density at radius 1 is 0.950 bits per heavy atom. The van der Waals surface area contributed by atoms with Gasteiger partial charge in [-0.2, -0.15) is 0 Å². The topological polar surface area (TPSA) is 28.7 Å². The molecule has 0 unspecified atom stereocenters. The average molecular weight is 258 g/mol. The van der Waals surface area contributed by atoms with Gasteiger partial charge < -0.3 is 4.98 Å². The van der Waals surface area contributed by atoms with E-state index in [0.29, 0.717) is 0 Å². The van der Waals surface area contributed by atoms with E-state index >= 15 is 0 Å². The summed E-state index contributed by atoms with van der Waals surface area (Å²) in [5.41, 5.74) is 2.13. The van der Waals surface area contributed by atoms with Gasteiger partial charge in [-0.3, -0.25) is 0 Å². The minimum Gasteiger partial charge on any atom is -0.342 e. The molecule has 1 N–H and O–H groups in total. The van der Waals surface area contributed by atoms with Crippen LogP contribution >= 0.6 is 0 Å². The molecule has 0 saturated carbocycles. The summed E-state index contributed by atoms with van der Waals surface area (Å²) in [7, 11) is 0. The number of aromatic nitrogens is 2. The molecule has 2 heteroatoms. The van der Waals surface area contributed by atoms with E-state index in [0.717, 1.165) is 23.3 Å². The predicted octanol–water partition coefficient (Wildman–Crippen LogP) is 4.60. The molecule has 0 fully saturated rings. The molecule has 0 atom stereocenters. The predicted molar refractivity (Wildman–Crippen MR) is 85.0 cm³/mol. The fourth-order valence-corrected chi connectivity index (χ4v) is 2.85. The molecule has 0 bridgehead atoms. The quantitative estimate of drug-likeness (QED) is 0.413. The molecule has 0 spiro atoms. The lowest BCUT2D eigenvalue weighted by Gasteiger charge is -2.03. The summed E-state index contributed by atoms with van der Waals surface area (Å²) in [6.45, 7) is 3.77. The number of benzene rings is 3. The van der Waals surface area contributed by atoms with Gasteiger partial charge in [0.05, 0.1) is 11.0 Å². The van der Waals surface area contributed by atoms with Crippen LogP contribution in [0.5, 0.6) is 0 Å². The summed E-state index contributed by atoms with van der Waals surface area (Å²) >= 11 is 0. The smallest absolute Gasteiger partial charge is 0.111 e. The van der Waals surface area contributed by atoms with Crippen LogP contribution in [-0.4, -0.2) is 9.97 Å². The minimum absolute atomic E-state index is 0.768. The third-order valence-corrected chi connectivity index (χ3v) is 3.76. The van der Waals surface area contributed by atoms with Gasteiger partial charge in [0.25, 0.3) is 0 Å². The molecule has 2 nitrogen and oxygen atoms in total. The Bertz CT molecular complexity index is 948. The molecule has 0 aliphatic rings. The van der Waals surface area contributed by atoms with Gasteiger partial charge in [-0.15, -0.1) is 6.58 Å². The normalized spacial score (nSPS) is 11.4. The zero-order valence-electron chi connectivity index (χ0n) is 11.1. The van der Waals surface area contributed by atoms with Crippen molar-refractivity contribution >= 4 is 32.6 Å².